The lowest BCUT2D eigenvalue weighted by Gasteiger charge is -2.11. The monoisotopic (exact) mass is 344 g/mol. The van der Waals surface area contributed by atoms with Gasteiger partial charge in [0, 0.05) is 17.0 Å². The minimum absolute atomic E-state index is 0.0679. The Morgan fingerprint density at radius 3 is 2.29 bits per heavy atom. The van der Waals surface area contributed by atoms with E-state index in [2.05, 4.69) is 0 Å². The van der Waals surface area contributed by atoms with Gasteiger partial charge in [-0.3, -0.25) is 0 Å². The molecule has 124 valence electrons. The average molecular weight is 344 g/mol. The van der Waals surface area contributed by atoms with Crippen LogP contribution in [0, 0.1) is 20.8 Å². The Balaban J connectivity index is 2.09. The Bertz CT molecular complexity index is 1080. The van der Waals surface area contributed by atoms with Gasteiger partial charge in [0.1, 0.15) is 16.2 Å². The summed E-state index contributed by atoms with van der Waals surface area (Å²) in [5, 5.41) is 0.743. The molecule has 0 unspecified atom stereocenters. The summed E-state index contributed by atoms with van der Waals surface area (Å²) < 4.78 is 35.3. The molecule has 1 heterocycles. The number of benzene rings is 2. The van der Waals surface area contributed by atoms with Crippen LogP contribution >= 0.6 is 0 Å². The number of fused-ring (bicyclic) bond motifs is 1. The average Bonchev–Trinajstić information content (AvgIpc) is 2.51. The molecule has 0 N–H and O–H groups in total. The Morgan fingerprint density at radius 2 is 1.62 bits per heavy atom. The normalized spacial score (nSPS) is 11.6. The summed E-state index contributed by atoms with van der Waals surface area (Å²) in [6, 6.07) is 11.0. The largest absolute Gasteiger partial charge is 0.422 e. The van der Waals surface area contributed by atoms with Gasteiger partial charge in [-0.25, -0.2) is 4.79 Å². The molecule has 5 nitrogen and oxygen atoms in total. The first-order valence-corrected chi connectivity index (χ1v) is 8.74. The van der Waals surface area contributed by atoms with Crippen molar-refractivity contribution in [1.82, 2.24) is 0 Å². The maximum absolute atomic E-state index is 12.4. The van der Waals surface area contributed by atoms with Crippen molar-refractivity contribution >= 4 is 21.1 Å². The molecule has 0 saturated carbocycles. The molecule has 1 aromatic heterocycles. The highest BCUT2D eigenvalue weighted by Crippen LogP contribution is 2.30. The first kappa shape index (κ1) is 16.3. The summed E-state index contributed by atoms with van der Waals surface area (Å²) in [7, 11) is -3.96. The predicted octanol–water partition coefficient (Wildman–Crippen LogP) is 3.49. The van der Waals surface area contributed by atoms with Crippen LogP contribution in [0.5, 0.6) is 5.75 Å². The van der Waals surface area contributed by atoms with E-state index in [1.165, 1.54) is 18.2 Å². The molecule has 0 aliphatic carbocycles. The molecule has 24 heavy (non-hydrogen) atoms. The molecule has 3 rings (SSSR count). The van der Waals surface area contributed by atoms with Crippen molar-refractivity contribution in [2.45, 2.75) is 25.7 Å². The third-order valence-corrected chi connectivity index (χ3v) is 5.08. The third-order valence-electron chi connectivity index (χ3n) is 3.83. The molecule has 0 atom stereocenters. The SMILES string of the molecule is Cc1ccc(S(=O)(=O)Oc2ccc3c(C)cc(=O)oc3c2C)cc1. The van der Waals surface area contributed by atoms with E-state index in [4.69, 9.17) is 8.60 Å². The molecule has 6 heteroatoms. The molecule has 0 saturated heterocycles. The fourth-order valence-corrected chi connectivity index (χ4v) is 3.44. The van der Waals surface area contributed by atoms with Gasteiger partial charge in [0.15, 0.2) is 0 Å². The van der Waals surface area contributed by atoms with Crippen LogP contribution in [0.2, 0.25) is 0 Å². The number of aryl methyl sites for hydroxylation is 3. The van der Waals surface area contributed by atoms with Gasteiger partial charge in [0.05, 0.1) is 0 Å². The van der Waals surface area contributed by atoms with Crippen LogP contribution in [-0.2, 0) is 10.1 Å². The fourth-order valence-electron chi connectivity index (χ4n) is 2.46. The maximum atomic E-state index is 12.4. The van der Waals surface area contributed by atoms with Crippen LogP contribution in [0.3, 0.4) is 0 Å². The van der Waals surface area contributed by atoms with Crippen LogP contribution in [0.4, 0.5) is 0 Å². The zero-order valence-electron chi connectivity index (χ0n) is 13.5. The summed E-state index contributed by atoms with van der Waals surface area (Å²) in [6.45, 7) is 5.32. The van der Waals surface area contributed by atoms with Gasteiger partial charge >= 0.3 is 15.7 Å². The topological polar surface area (TPSA) is 73.6 Å². The minimum atomic E-state index is -3.96. The van der Waals surface area contributed by atoms with Gasteiger partial charge in [0.25, 0.3) is 0 Å². The van der Waals surface area contributed by atoms with Gasteiger partial charge in [-0.2, -0.15) is 8.42 Å². The summed E-state index contributed by atoms with van der Waals surface area (Å²) in [6.07, 6.45) is 0. The van der Waals surface area contributed by atoms with E-state index >= 15 is 0 Å². The Kier molecular flexibility index (Phi) is 3.93. The van der Waals surface area contributed by atoms with Crippen molar-refractivity contribution < 1.29 is 17.0 Å². The molecule has 0 spiro atoms. The highest BCUT2D eigenvalue weighted by Gasteiger charge is 2.19. The molecule has 2 aromatic carbocycles. The van der Waals surface area contributed by atoms with Crippen molar-refractivity contribution in [2.75, 3.05) is 0 Å². The van der Waals surface area contributed by atoms with Crippen LogP contribution < -0.4 is 9.81 Å². The summed E-state index contributed by atoms with van der Waals surface area (Å²) in [5.41, 5.74) is 2.02. The lowest BCUT2D eigenvalue weighted by Crippen LogP contribution is -2.11. The molecule has 0 aliphatic heterocycles. The summed E-state index contributed by atoms with van der Waals surface area (Å²) in [5.74, 6) is 0.136. The van der Waals surface area contributed by atoms with E-state index in [-0.39, 0.29) is 10.6 Å². The molecule has 0 amide bonds. The minimum Gasteiger partial charge on any atom is -0.422 e. The molecule has 0 aliphatic rings. The quantitative estimate of drug-likeness (QED) is 0.537. The maximum Gasteiger partial charge on any atom is 0.339 e. The van der Waals surface area contributed by atoms with Crippen LogP contribution in [0.1, 0.15) is 16.7 Å². The van der Waals surface area contributed by atoms with Gasteiger partial charge < -0.3 is 8.60 Å². The molecule has 3 aromatic rings. The highest BCUT2D eigenvalue weighted by atomic mass is 32.2. The number of rotatable bonds is 3. The lowest BCUT2D eigenvalue weighted by molar-refractivity contribution is 0.482. The summed E-state index contributed by atoms with van der Waals surface area (Å²) in [4.78, 5) is 11.6. The Hall–Kier alpha value is -2.60. The molecular weight excluding hydrogens is 328 g/mol. The second-order valence-corrected chi connectivity index (χ2v) is 7.21. The zero-order chi connectivity index (χ0) is 17.5. The van der Waals surface area contributed by atoms with Gasteiger partial charge in [-0.15, -0.1) is 0 Å². The molecular formula is C18H16O5S. The molecule has 0 radical (unpaired) electrons. The van der Waals surface area contributed by atoms with E-state index in [0.717, 1.165) is 16.5 Å². The predicted molar refractivity (Wildman–Crippen MR) is 91.0 cm³/mol. The highest BCUT2D eigenvalue weighted by molar-refractivity contribution is 7.87. The van der Waals surface area contributed by atoms with E-state index < -0.39 is 15.7 Å². The number of hydrogen-bond donors (Lipinski definition) is 0. The second kappa shape index (κ2) is 5.79. The van der Waals surface area contributed by atoms with Crippen molar-refractivity contribution in [2.24, 2.45) is 0 Å². The van der Waals surface area contributed by atoms with Gasteiger partial charge in [0.2, 0.25) is 0 Å². The standard InChI is InChI=1S/C18H16O5S/c1-11-4-6-14(7-5-11)24(20,21)23-16-9-8-15-12(2)10-17(19)22-18(15)13(16)3/h4-10H,1-3H3. The van der Waals surface area contributed by atoms with E-state index in [9.17, 15) is 13.2 Å². The van der Waals surface area contributed by atoms with Gasteiger partial charge in [-0.05, 0) is 50.6 Å². The van der Waals surface area contributed by atoms with Crippen LogP contribution in [0.25, 0.3) is 11.0 Å². The lowest BCUT2D eigenvalue weighted by atomic mass is 10.1. The van der Waals surface area contributed by atoms with Crippen LogP contribution in [0.15, 0.2) is 56.6 Å². The Labute approximate surface area is 139 Å². The van der Waals surface area contributed by atoms with Crippen molar-refractivity contribution in [3.63, 3.8) is 0 Å². The Morgan fingerprint density at radius 1 is 0.958 bits per heavy atom. The van der Waals surface area contributed by atoms with E-state index in [0.29, 0.717) is 11.1 Å². The smallest absolute Gasteiger partial charge is 0.339 e. The number of hydrogen-bond acceptors (Lipinski definition) is 5. The molecule has 0 fully saturated rings. The van der Waals surface area contributed by atoms with Crippen molar-refractivity contribution in [3.8, 4) is 5.75 Å². The van der Waals surface area contributed by atoms with Crippen molar-refractivity contribution in [3.05, 3.63) is 69.6 Å². The fraction of sp³-hybridized carbons (Fsp3) is 0.167. The summed E-state index contributed by atoms with van der Waals surface area (Å²) >= 11 is 0. The second-order valence-electron chi connectivity index (χ2n) is 5.66. The zero-order valence-corrected chi connectivity index (χ0v) is 14.3. The first-order chi connectivity index (χ1) is 11.3. The van der Waals surface area contributed by atoms with Crippen molar-refractivity contribution in [1.29, 1.82) is 0 Å². The third kappa shape index (κ3) is 2.92. The first-order valence-electron chi connectivity index (χ1n) is 7.33. The van der Waals surface area contributed by atoms with Gasteiger partial charge in [-0.1, -0.05) is 17.7 Å². The van der Waals surface area contributed by atoms with E-state index in [1.54, 1.807) is 38.1 Å². The van der Waals surface area contributed by atoms with Crippen LogP contribution in [-0.4, -0.2) is 8.42 Å². The molecule has 0 bridgehead atoms. The van der Waals surface area contributed by atoms with E-state index in [1.807, 2.05) is 6.92 Å².